The lowest BCUT2D eigenvalue weighted by Gasteiger charge is -2.31. The summed E-state index contributed by atoms with van der Waals surface area (Å²) in [6.07, 6.45) is 6.83. The van der Waals surface area contributed by atoms with Crippen molar-refractivity contribution in [2.24, 2.45) is 11.8 Å². The highest BCUT2D eigenvalue weighted by atomic mass is 35.5. The number of rotatable bonds is 5. The highest BCUT2D eigenvalue weighted by molar-refractivity contribution is 6.31. The van der Waals surface area contributed by atoms with Crippen LogP contribution in [0.1, 0.15) is 51.5 Å². The minimum atomic E-state index is 0.675. The first-order chi connectivity index (χ1) is 9.15. The fourth-order valence-electron chi connectivity index (χ4n) is 3.25. The Hall–Kier alpha value is -0.530. The van der Waals surface area contributed by atoms with Gasteiger partial charge in [0.2, 0.25) is 0 Å². The Morgan fingerprint density at radius 2 is 2.05 bits per heavy atom. The largest absolute Gasteiger partial charge is 0.310 e. The highest BCUT2D eigenvalue weighted by Crippen LogP contribution is 2.29. The van der Waals surface area contributed by atoms with Gasteiger partial charge in [-0.15, -0.1) is 0 Å². The summed E-state index contributed by atoms with van der Waals surface area (Å²) in [6, 6.07) is 8.81. The SMILES string of the molecule is CC(C)CC1CCCC(NCc2ccccc2Cl)C1. The zero-order chi connectivity index (χ0) is 13.7. The Morgan fingerprint density at radius 3 is 2.79 bits per heavy atom. The van der Waals surface area contributed by atoms with Gasteiger partial charge in [-0.3, -0.25) is 0 Å². The molecule has 1 aliphatic rings. The lowest BCUT2D eigenvalue weighted by atomic mass is 9.81. The Morgan fingerprint density at radius 1 is 1.26 bits per heavy atom. The van der Waals surface area contributed by atoms with Crippen LogP contribution in [0.15, 0.2) is 24.3 Å². The molecule has 1 nitrogen and oxygen atoms in total. The molecule has 0 aliphatic heterocycles. The third kappa shape index (κ3) is 4.81. The van der Waals surface area contributed by atoms with Gasteiger partial charge in [-0.1, -0.05) is 56.5 Å². The molecule has 1 aromatic carbocycles. The van der Waals surface area contributed by atoms with E-state index in [4.69, 9.17) is 11.6 Å². The van der Waals surface area contributed by atoms with Crippen molar-refractivity contribution in [3.8, 4) is 0 Å². The lowest BCUT2D eigenvalue weighted by Crippen LogP contribution is -2.34. The van der Waals surface area contributed by atoms with Crippen molar-refractivity contribution in [1.29, 1.82) is 0 Å². The molecular formula is C17H26ClN. The maximum absolute atomic E-state index is 6.20. The first kappa shape index (κ1) is 14.9. The van der Waals surface area contributed by atoms with Gasteiger partial charge >= 0.3 is 0 Å². The van der Waals surface area contributed by atoms with Crippen LogP contribution in [0.4, 0.5) is 0 Å². The molecule has 0 saturated heterocycles. The average molecular weight is 280 g/mol. The summed E-state index contributed by atoms with van der Waals surface area (Å²) in [5.74, 6) is 1.74. The van der Waals surface area contributed by atoms with Gasteiger partial charge in [0, 0.05) is 17.6 Å². The second kappa shape index (κ2) is 7.31. The highest BCUT2D eigenvalue weighted by Gasteiger charge is 2.22. The normalized spacial score (nSPS) is 23.8. The quantitative estimate of drug-likeness (QED) is 0.797. The molecule has 19 heavy (non-hydrogen) atoms. The molecule has 106 valence electrons. The van der Waals surface area contributed by atoms with Crippen LogP contribution in [0.5, 0.6) is 0 Å². The number of benzene rings is 1. The van der Waals surface area contributed by atoms with Gasteiger partial charge in [0.15, 0.2) is 0 Å². The van der Waals surface area contributed by atoms with E-state index >= 15 is 0 Å². The molecule has 2 rings (SSSR count). The predicted molar refractivity (Wildman–Crippen MR) is 83.5 cm³/mol. The van der Waals surface area contributed by atoms with E-state index in [-0.39, 0.29) is 0 Å². The van der Waals surface area contributed by atoms with Gasteiger partial charge in [-0.2, -0.15) is 0 Å². The molecule has 1 N–H and O–H groups in total. The molecular weight excluding hydrogens is 254 g/mol. The second-order valence-corrected chi connectivity index (χ2v) is 6.74. The maximum atomic E-state index is 6.20. The monoisotopic (exact) mass is 279 g/mol. The molecule has 2 atom stereocenters. The molecule has 1 saturated carbocycles. The van der Waals surface area contributed by atoms with Gasteiger partial charge in [0.1, 0.15) is 0 Å². The van der Waals surface area contributed by atoms with Gasteiger partial charge in [-0.25, -0.2) is 0 Å². The number of hydrogen-bond donors (Lipinski definition) is 1. The molecule has 2 heteroatoms. The molecule has 1 aliphatic carbocycles. The molecule has 1 aromatic rings. The molecule has 0 aromatic heterocycles. The Labute approximate surface area is 122 Å². The molecule has 0 bridgehead atoms. The van der Waals surface area contributed by atoms with E-state index in [1.807, 2.05) is 12.1 Å². The van der Waals surface area contributed by atoms with Crippen molar-refractivity contribution < 1.29 is 0 Å². The van der Waals surface area contributed by atoms with Gasteiger partial charge in [0.25, 0.3) is 0 Å². The van der Waals surface area contributed by atoms with E-state index in [9.17, 15) is 0 Å². The number of nitrogens with one attached hydrogen (secondary N) is 1. The molecule has 0 radical (unpaired) electrons. The second-order valence-electron chi connectivity index (χ2n) is 6.33. The average Bonchev–Trinajstić information content (AvgIpc) is 2.37. The van der Waals surface area contributed by atoms with Crippen molar-refractivity contribution in [2.45, 2.75) is 58.5 Å². The number of halogens is 1. The molecule has 1 fully saturated rings. The van der Waals surface area contributed by atoms with Gasteiger partial charge < -0.3 is 5.32 Å². The van der Waals surface area contributed by atoms with E-state index < -0.39 is 0 Å². The van der Waals surface area contributed by atoms with Crippen LogP contribution in [-0.2, 0) is 6.54 Å². The standard InChI is InChI=1S/C17H26ClN/c1-13(2)10-14-6-5-8-16(11-14)19-12-15-7-3-4-9-17(15)18/h3-4,7,9,13-14,16,19H,5-6,8,10-12H2,1-2H3. The van der Waals surface area contributed by atoms with E-state index in [0.717, 1.165) is 23.4 Å². The minimum absolute atomic E-state index is 0.675. The van der Waals surface area contributed by atoms with E-state index in [0.29, 0.717) is 6.04 Å². The van der Waals surface area contributed by atoms with Crippen LogP contribution in [-0.4, -0.2) is 6.04 Å². The van der Waals surface area contributed by atoms with Crippen LogP contribution in [0, 0.1) is 11.8 Å². The van der Waals surface area contributed by atoms with Crippen LogP contribution in [0.2, 0.25) is 5.02 Å². The Balaban J connectivity index is 1.81. The first-order valence-corrected chi connectivity index (χ1v) is 7.99. The summed E-state index contributed by atoms with van der Waals surface area (Å²) in [7, 11) is 0. The molecule has 0 amide bonds. The lowest BCUT2D eigenvalue weighted by molar-refractivity contribution is 0.252. The van der Waals surface area contributed by atoms with Gasteiger partial charge in [0.05, 0.1) is 0 Å². The van der Waals surface area contributed by atoms with Crippen molar-refractivity contribution in [3.05, 3.63) is 34.9 Å². The summed E-state index contributed by atoms with van der Waals surface area (Å²) in [5.41, 5.74) is 1.22. The third-order valence-electron chi connectivity index (χ3n) is 4.13. The molecule has 0 spiro atoms. The van der Waals surface area contributed by atoms with Crippen molar-refractivity contribution in [1.82, 2.24) is 5.32 Å². The minimum Gasteiger partial charge on any atom is -0.310 e. The van der Waals surface area contributed by atoms with E-state index in [1.165, 1.54) is 37.7 Å². The van der Waals surface area contributed by atoms with E-state index in [1.54, 1.807) is 0 Å². The van der Waals surface area contributed by atoms with Crippen molar-refractivity contribution >= 4 is 11.6 Å². The number of hydrogen-bond acceptors (Lipinski definition) is 1. The summed E-state index contributed by atoms with van der Waals surface area (Å²) in [5, 5.41) is 4.58. The molecule has 0 heterocycles. The van der Waals surface area contributed by atoms with Crippen molar-refractivity contribution in [3.63, 3.8) is 0 Å². The van der Waals surface area contributed by atoms with Crippen LogP contribution < -0.4 is 5.32 Å². The van der Waals surface area contributed by atoms with E-state index in [2.05, 4.69) is 31.3 Å². The fraction of sp³-hybridized carbons (Fsp3) is 0.647. The molecule has 2 unspecified atom stereocenters. The fourth-order valence-corrected chi connectivity index (χ4v) is 3.46. The zero-order valence-electron chi connectivity index (χ0n) is 12.2. The van der Waals surface area contributed by atoms with Crippen LogP contribution >= 0.6 is 11.6 Å². The smallest absolute Gasteiger partial charge is 0.0450 e. The van der Waals surface area contributed by atoms with Crippen LogP contribution in [0.3, 0.4) is 0 Å². The maximum Gasteiger partial charge on any atom is 0.0450 e. The van der Waals surface area contributed by atoms with Crippen LogP contribution in [0.25, 0.3) is 0 Å². The van der Waals surface area contributed by atoms with Gasteiger partial charge in [-0.05, 0) is 42.7 Å². The topological polar surface area (TPSA) is 12.0 Å². The summed E-state index contributed by atoms with van der Waals surface area (Å²) in [6.45, 7) is 5.57. The third-order valence-corrected chi connectivity index (χ3v) is 4.50. The summed E-state index contributed by atoms with van der Waals surface area (Å²) in [4.78, 5) is 0. The Kier molecular flexibility index (Phi) is 5.72. The van der Waals surface area contributed by atoms with Crippen molar-refractivity contribution in [2.75, 3.05) is 0 Å². The summed E-state index contributed by atoms with van der Waals surface area (Å²) < 4.78 is 0. The predicted octanol–water partition coefficient (Wildman–Crippen LogP) is 5.03. The zero-order valence-corrected chi connectivity index (χ0v) is 12.9. The first-order valence-electron chi connectivity index (χ1n) is 7.62. The summed E-state index contributed by atoms with van der Waals surface area (Å²) >= 11 is 6.20. The Bertz CT molecular complexity index is 389.